The predicted molar refractivity (Wildman–Crippen MR) is 118 cm³/mol. The molecule has 2 unspecified atom stereocenters. The minimum absolute atomic E-state index is 0.0628. The molecule has 4 heterocycles. The van der Waals surface area contributed by atoms with Gasteiger partial charge in [0, 0.05) is 50.6 Å². The van der Waals surface area contributed by atoms with E-state index in [9.17, 15) is 9.90 Å². The molecule has 8 heteroatoms. The smallest absolute Gasteiger partial charge is 0.326 e. The molecule has 2 fully saturated rings. The Morgan fingerprint density at radius 3 is 2.67 bits per heavy atom. The zero-order chi connectivity index (χ0) is 21.3. The summed E-state index contributed by atoms with van der Waals surface area (Å²) in [6.45, 7) is 10.7. The largest absolute Gasteiger partial charge is 0.392 e. The number of aliphatic hydroxyl groups excluding tert-OH is 1. The van der Waals surface area contributed by atoms with Crippen LogP contribution in [0.25, 0.3) is 0 Å². The molecule has 0 radical (unpaired) electrons. The lowest BCUT2D eigenvalue weighted by Crippen LogP contribution is -2.55. The van der Waals surface area contributed by atoms with Gasteiger partial charge in [0.15, 0.2) is 0 Å². The van der Waals surface area contributed by atoms with Crippen LogP contribution in [0.4, 0.5) is 10.6 Å². The van der Waals surface area contributed by atoms with Crippen molar-refractivity contribution in [2.24, 2.45) is 5.10 Å². The molecule has 2 N–H and O–H groups in total. The van der Waals surface area contributed by atoms with E-state index in [1.807, 2.05) is 29.0 Å². The summed E-state index contributed by atoms with van der Waals surface area (Å²) in [5.41, 5.74) is 5.10. The van der Waals surface area contributed by atoms with Gasteiger partial charge in [-0.3, -0.25) is 4.90 Å². The normalized spacial score (nSPS) is 24.7. The highest BCUT2D eigenvalue weighted by Gasteiger charge is 2.50. The van der Waals surface area contributed by atoms with Crippen molar-refractivity contribution < 1.29 is 9.90 Å². The predicted octanol–water partition coefficient (Wildman–Crippen LogP) is 1.79. The van der Waals surface area contributed by atoms with Gasteiger partial charge in [0.25, 0.3) is 0 Å². The second kappa shape index (κ2) is 8.51. The first kappa shape index (κ1) is 21.1. The van der Waals surface area contributed by atoms with Crippen LogP contribution in [0.3, 0.4) is 0 Å². The number of aromatic nitrogens is 1. The fourth-order valence-electron chi connectivity index (χ4n) is 5.21. The molecule has 3 aliphatic heterocycles. The minimum Gasteiger partial charge on any atom is -0.392 e. The summed E-state index contributed by atoms with van der Waals surface area (Å²) in [7, 11) is 0. The number of urea groups is 1. The Kier molecular flexibility index (Phi) is 5.97. The van der Waals surface area contributed by atoms with Crippen molar-refractivity contribution >= 4 is 18.1 Å². The second-order valence-corrected chi connectivity index (χ2v) is 8.79. The van der Waals surface area contributed by atoms with Crippen molar-refractivity contribution in [1.82, 2.24) is 20.2 Å². The van der Waals surface area contributed by atoms with Crippen molar-refractivity contribution in [3.05, 3.63) is 23.4 Å². The third-order valence-electron chi connectivity index (χ3n) is 6.77. The van der Waals surface area contributed by atoms with E-state index in [0.29, 0.717) is 19.6 Å². The third kappa shape index (κ3) is 3.78. The Labute approximate surface area is 178 Å². The molecule has 1 aromatic heterocycles. The number of anilines is 1. The van der Waals surface area contributed by atoms with Gasteiger partial charge in [0.1, 0.15) is 5.82 Å². The van der Waals surface area contributed by atoms with Crippen LogP contribution in [-0.2, 0) is 6.42 Å². The topological polar surface area (TPSA) is 84.3 Å². The van der Waals surface area contributed by atoms with E-state index >= 15 is 0 Å². The summed E-state index contributed by atoms with van der Waals surface area (Å²) in [5.74, 6) is 0.998. The van der Waals surface area contributed by atoms with Crippen molar-refractivity contribution in [2.45, 2.75) is 57.6 Å². The molecule has 164 valence electrons. The van der Waals surface area contributed by atoms with Crippen LogP contribution in [0, 0.1) is 0 Å². The molecule has 0 aromatic carbocycles. The number of hydrogen-bond acceptors (Lipinski definition) is 6. The third-order valence-corrected chi connectivity index (χ3v) is 6.77. The van der Waals surface area contributed by atoms with Crippen molar-refractivity contribution in [1.29, 1.82) is 0 Å². The fraction of sp³-hybridized carbons (Fsp3) is 0.682. The number of aliphatic hydroxyl groups is 1. The molecule has 0 aliphatic carbocycles. The number of carbonyl (C=O) groups excluding carboxylic acids is 1. The van der Waals surface area contributed by atoms with E-state index < -0.39 is 0 Å². The van der Waals surface area contributed by atoms with Crippen LogP contribution in [0.1, 0.15) is 50.8 Å². The van der Waals surface area contributed by atoms with E-state index in [-0.39, 0.29) is 23.6 Å². The van der Waals surface area contributed by atoms with Gasteiger partial charge in [-0.2, -0.15) is 5.10 Å². The second-order valence-electron chi connectivity index (χ2n) is 8.79. The van der Waals surface area contributed by atoms with Gasteiger partial charge in [0.05, 0.1) is 18.2 Å². The average molecular weight is 415 g/mol. The maximum Gasteiger partial charge on any atom is 0.326 e. The first-order valence-corrected chi connectivity index (χ1v) is 11.2. The van der Waals surface area contributed by atoms with Gasteiger partial charge in [-0.05, 0) is 44.7 Å². The summed E-state index contributed by atoms with van der Waals surface area (Å²) in [6, 6.07) is 4.17. The lowest BCUT2D eigenvalue weighted by molar-refractivity contribution is 0.0535. The highest BCUT2D eigenvalue weighted by molar-refractivity contribution is 5.94. The molecule has 2 amide bonds. The van der Waals surface area contributed by atoms with E-state index in [1.54, 1.807) is 0 Å². The van der Waals surface area contributed by atoms with Gasteiger partial charge in [-0.15, -0.1) is 0 Å². The number of aryl methyl sites for hydroxylation is 1. The minimum atomic E-state index is -0.321. The molecule has 1 aromatic rings. The molecule has 4 rings (SSSR count). The van der Waals surface area contributed by atoms with E-state index in [0.717, 1.165) is 50.4 Å². The number of β-amino-alcohol motifs (C(OH)–C–C–N with tert-alkyl or cyclic N) is 1. The molecule has 30 heavy (non-hydrogen) atoms. The van der Waals surface area contributed by atoms with Gasteiger partial charge in [0.2, 0.25) is 0 Å². The first-order valence-electron chi connectivity index (χ1n) is 11.2. The van der Waals surface area contributed by atoms with E-state index in [4.69, 9.17) is 4.98 Å². The Hall–Kier alpha value is -2.19. The number of pyridine rings is 1. The number of nitrogens with one attached hydrogen (secondary N) is 1. The molecule has 0 bridgehead atoms. The number of hydrazone groups is 1. The van der Waals surface area contributed by atoms with Crippen LogP contribution in [-0.4, -0.2) is 83.0 Å². The first-order chi connectivity index (χ1) is 14.5. The zero-order valence-corrected chi connectivity index (χ0v) is 18.3. The summed E-state index contributed by atoms with van der Waals surface area (Å²) in [6.07, 6.45) is 4.30. The van der Waals surface area contributed by atoms with Gasteiger partial charge in [-0.1, -0.05) is 13.0 Å². The highest BCUT2D eigenvalue weighted by Crippen LogP contribution is 2.38. The highest BCUT2D eigenvalue weighted by atomic mass is 16.3. The quantitative estimate of drug-likeness (QED) is 0.742. The van der Waals surface area contributed by atoms with Gasteiger partial charge in [-0.25, -0.2) is 9.78 Å². The number of likely N-dealkylation sites (tertiary alicyclic amines) is 1. The number of hydrogen-bond donors (Lipinski definition) is 2. The molecule has 0 saturated carbocycles. The van der Waals surface area contributed by atoms with Crippen LogP contribution in [0.2, 0.25) is 0 Å². The lowest BCUT2D eigenvalue weighted by Gasteiger charge is -2.43. The molecular formula is C22H34N6O2. The zero-order valence-electron chi connectivity index (χ0n) is 18.3. The molecule has 2 saturated heterocycles. The Morgan fingerprint density at radius 2 is 2.07 bits per heavy atom. The summed E-state index contributed by atoms with van der Waals surface area (Å²) in [5, 5.41) is 13.8. The number of rotatable bonds is 6. The lowest BCUT2D eigenvalue weighted by atomic mass is 9.86. The molecule has 3 aliphatic rings. The Morgan fingerprint density at radius 1 is 1.30 bits per heavy atom. The van der Waals surface area contributed by atoms with Gasteiger partial charge < -0.3 is 20.3 Å². The van der Waals surface area contributed by atoms with Crippen LogP contribution >= 0.6 is 0 Å². The molecule has 2 atom stereocenters. The summed E-state index contributed by atoms with van der Waals surface area (Å²) < 4.78 is 0. The number of piperidine rings is 1. The number of nitrogens with zero attached hydrogens (tertiary/aromatic N) is 5. The van der Waals surface area contributed by atoms with E-state index in [1.165, 1.54) is 5.56 Å². The van der Waals surface area contributed by atoms with Crippen LogP contribution in [0.5, 0.6) is 0 Å². The van der Waals surface area contributed by atoms with Crippen molar-refractivity contribution in [2.75, 3.05) is 44.2 Å². The average Bonchev–Trinajstić information content (AvgIpc) is 3.36. The SMILES string of the molecule is CCc1nc(N2CC3(CCN(CC(C)O)CC3)N(CC)C2=O)ccc1C1C=NNC1. The molecule has 8 nitrogen and oxygen atoms in total. The van der Waals surface area contributed by atoms with Gasteiger partial charge >= 0.3 is 6.03 Å². The Bertz CT molecular complexity index is 803. The number of amides is 2. The summed E-state index contributed by atoms with van der Waals surface area (Å²) in [4.78, 5) is 24.5. The van der Waals surface area contributed by atoms with Crippen molar-refractivity contribution in [3.63, 3.8) is 0 Å². The van der Waals surface area contributed by atoms with Crippen LogP contribution < -0.4 is 10.3 Å². The monoisotopic (exact) mass is 414 g/mol. The van der Waals surface area contributed by atoms with E-state index in [2.05, 4.69) is 35.3 Å². The van der Waals surface area contributed by atoms with Crippen LogP contribution in [0.15, 0.2) is 17.2 Å². The number of carbonyl (C=O) groups is 1. The Balaban J connectivity index is 1.55. The molecular weight excluding hydrogens is 380 g/mol. The standard InChI is InChI=1S/C22H34N6O2/c1-4-19-18(17-12-23-24-13-17)6-7-20(25-19)27-15-22(28(5-2)21(27)30)8-10-26(11-9-22)14-16(3)29/h6-7,12,16-17,24,29H,4-5,8-11,13-15H2,1-3H3. The fourth-order valence-corrected chi connectivity index (χ4v) is 5.21. The maximum absolute atomic E-state index is 13.3. The number of likely N-dealkylation sites (N-methyl/N-ethyl adjacent to an activating group) is 1. The summed E-state index contributed by atoms with van der Waals surface area (Å²) >= 11 is 0. The molecule has 1 spiro atoms. The maximum atomic E-state index is 13.3. The van der Waals surface area contributed by atoms with Crippen molar-refractivity contribution in [3.8, 4) is 0 Å².